The molecule has 0 bridgehead atoms. The Labute approximate surface area is 160 Å². The lowest BCUT2D eigenvalue weighted by atomic mass is 9.98. The van der Waals surface area contributed by atoms with Gasteiger partial charge < -0.3 is 10.4 Å². The maximum absolute atomic E-state index is 12.9. The molecular formula is C19H25N3O4S. The first-order valence-corrected chi connectivity index (χ1v) is 10.1. The third-order valence-corrected chi connectivity index (χ3v) is 5.97. The molecule has 0 unspecified atom stereocenters. The van der Waals surface area contributed by atoms with Crippen LogP contribution in [0.1, 0.15) is 33.6 Å². The van der Waals surface area contributed by atoms with Gasteiger partial charge in [-0.25, -0.2) is 13.4 Å². The molecular weight excluding hydrogens is 366 g/mol. The van der Waals surface area contributed by atoms with Crippen molar-refractivity contribution in [1.29, 1.82) is 0 Å². The zero-order chi connectivity index (χ0) is 20.1. The number of para-hydroxylation sites is 1. The van der Waals surface area contributed by atoms with Gasteiger partial charge in [-0.05, 0) is 51.5 Å². The summed E-state index contributed by atoms with van der Waals surface area (Å²) in [4.78, 5) is 15.1. The van der Waals surface area contributed by atoms with E-state index >= 15 is 0 Å². The molecule has 2 aromatic rings. The summed E-state index contributed by atoms with van der Waals surface area (Å²) in [7, 11) is -3.72. The fourth-order valence-electron chi connectivity index (χ4n) is 2.65. The Morgan fingerprint density at radius 3 is 2.37 bits per heavy atom. The number of carbonyl (C=O) groups is 1. The van der Waals surface area contributed by atoms with Gasteiger partial charge >= 0.3 is 5.97 Å². The molecule has 0 fully saturated rings. The van der Waals surface area contributed by atoms with Crippen molar-refractivity contribution >= 4 is 27.5 Å². The number of carboxylic acids is 1. The number of hydrogen-bond donors (Lipinski definition) is 2. The first-order chi connectivity index (χ1) is 12.7. The first kappa shape index (κ1) is 20.7. The normalized spacial score (nSPS) is 11.8. The molecule has 1 heterocycles. The summed E-state index contributed by atoms with van der Waals surface area (Å²) in [5, 5.41) is 12.0. The zero-order valence-electron chi connectivity index (χ0n) is 15.7. The van der Waals surface area contributed by atoms with Gasteiger partial charge in [0, 0.05) is 24.7 Å². The average molecular weight is 391 g/mol. The highest BCUT2D eigenvalue weighted by Gasteiger charge is 2.24. The van der Waals surface area contributed by atoms with Crippen LogP contribution in [0.25, 0.3) is 0 Å². The van der Waals surface area contributed by atoms with E-state index < -0.39 is 21.5 Å². The van der Waals surface area contributed by atoms with Crippen molar-refractivity contribution in [2.75, 3.05) is 16.2 Å². The standard InChI is InChI=1S/C19H25N3O4S/c1-4-22(15-8-6-5-7-9-15)27(25,26)16-10-11-17(20-14-16)21-19(2,3)13-12-18(23)24/h5-11,14H,4,12-13H2,1-3H3,(H,20,21)(H,23,24). The maximum Gasteiger partial charge on any atom is 0.303 e. The second kappa shape index (κ2) is 8.39. The number of pyridine rings is 1. The lowest BCUT2D eigenvalue weighted by Gasteiger charge is -2.26. The van der Waals surface area contributed by atoms with Gasteiger partial charge in [-0.2, -0.15) is 0 Å². The van der Waals surface area contributed by atoms with E-state index in [0.717, 1.165) is 0 Å². The van der Waals surface area contributed by atoms with Gasteiger partial charge in [-0.3, -0.25) is 9.10 Å². The summed E-state index contributed by atoms with van der Waals surface area (Å²) in [6.45, 7) is 5.82. The van der Waals surface area contributed by atoms with Gasteiger partial charge in [0.25, 0.3) is 10.0 Å². The molecule has 0 amide bonds. The number of rotatable bonds is 9. The van der Waals surface area contributed by atoms with Crippen molar-refractivity contribution in [3.05, 3.63) is 48.7 Å². The topological polar surface area (TPSA) is 99.6 Å². The SMILES string of the molecule is CCN(c1ccccc1)S(=O)(=O)c1ccc(NC(C)(C)CCC(=O)O)nc1. The molecule has 2 N–H and O–H groups in total. The third kappa shape index (κ3) is 5.43. The van der Waals surface area contributed by atoms with Gasteiger partial charge in [-0.15, -0.1) is 0 Å². The average Bonchev–Trinajstić information content (AvgIpc) is 2.61. The number of aliphatic carboxylic acids is 1. The quantitative estimate of drug-likeness (QED) is 0.680. The molecule has 8 heteroatoms. The van der Waals surface area contributed by atoms with E-state index in [4.69, 9.17) is 5.11 Å². The molecule has 0 atom stereocenters. The van der Waals surface area contributed by atoms with Gasteiger partial charge in [0.1, 0.15) is 10.7 Å². The van der Waals surface area contributed by atoms with Crippen LogP contribution in [0, 0.1) is 0 Å². The molecule has 0 aliphatic heterocycles. The van der Waals surface area contributed by atoms with Crippen LogP contribution >= 0.6 is 0 Å². The van der Waals surface area contributed by atoms with E-state index in [1.807, 2.05) is 19.9 Å². The number of sulfonamides is 1. The van der Waals surface area contributed by atoms with Crippen LogP contribution in [0.2, 0.25) is 0 Å². The Hall–Kier alpha value is -2.61. The number of benzene rings is 1. The summed E-state index contributed by atoms with van der Waals surface area (Å²) in [5.74, 6) is -0.369. The largest absolute Gasteiger partial charge is 0.481 e. The molecule has 27 heavy (non-hydrogen) atoms. The fourth-order valence-corrected chi connectivity index (χ4v) is 4.07. The Balaban J connectivity index is 2.19. The highest BCUT2D eigenvalue weighted by atomic mass is 32.2. The summed E-state index contributed by atoms with van der Waals surface area (Å²) in [6, 6.07) is 12.0. The molecule has 1 aromatic heterocycles. The molecule has 0 radical (unpaired) electrons. The van der Waals surface area contributed by atoms with Crippen molar-refractivity contribution in [3.63, 3.8) is 0 Å². The molecule has 0 saturated carbocycles. The van der Waals surface area contributed by atoms with Crippen molar-refractivity contribution in [2.24, 2.45) is 0 Å². The molecule has 146 valence electrons. The molecule has 2 rings (SSSR count). The van der Waals surface area contributed by atoms with Crippen LogP contribution < -0.4 is 9.62 Å². The van der Waals surface area contributed by atoms with Crippen LogP contribution in [-0.4, -0.2) is 36.6 Å². The maximum atomic E-state index is 12.9. The first-order valence-electron chi connectivity index (χ1n) is 8.69. The van der Waals surface area contributed by atoms with E-state index in [1.54, 1.807) is 37.3 Å². The van der Waals surface area contributed by atoms with Gasteiger partial charge in [0.05, 0.1) is 5.69 Å². The van der Waals surface area contributed by atoms with Crippen LogP contribution in [0.15, 0.2) is 53.6 Å². The van der Waals surface area contributed by atoms with Crippen LogP contribution in [0.5, 0.6) is 0 Å². The van der Waals surface area contributed by atoms with Gasteiger partial charge in [0.2, 0.25) is 0 Å². The highest BCUT2D eigenvalue weighted by molar-refractivity contribution is 7.92. The molecule has 1 aromatic carbocycles. The molecule has 7 nitrogen and oxygen atoms in total. The predicted molar refractivity (Wildman–Crippen MR) is 105 cm³/mol. The van der Waals surface area contributed by atoms with Crippen molar-refractivity contribution in [2.45, 2.75) is 44.0 Å². The summed E-state index contributed by atoms with van der Waals surface area (Å²) in [6.07, 6.45) is 1.77. The number of hydrogen-bond acceptors (Lipinski definition) is 5. The van der Waals surface area contributed by atoms with Crippen LogP contribution in [-0.2, 0) is 14.8 Å². The molecule has 0 aliphatic rings. The smallest absolute Gasteiger partial charge is 0.303 e. The summed E-state index contributed by atoms with van der Waals surface area (Å²) in [5.41, 5.74) is 0.114. The van der Waals surface area contributed by atoms with Gasteiger partial charge in [-0.1, -0.05) is 18.2 Å². The second-order valence-electron chi connectivity index (χ2n) is 6.79. The number of carboxylic acid groups (broad SMARTS) is 1. The minimum Gasteiger partial charge on any atom is -0.481 e. The number of aromatic nitrogens is 1. The molecule has 0 aliphatic carbocycles. The monoisotopic (exact) mass is 391 g/mol. The Morgan fingerprint density at radius 2 is 1.85 bits per heavy atom. The van der Waals surface area contributed by atoms with Crippen molar-refractivity contribution < 1.29 is 18.3 Å². The fraction of sp³-hybridized carbons (Fsp3) is 0.368. The van der Waals surface area contributed by atoms with Crippen molar-refractivity contribution in [1.82, 2.24) is 4.98 Å². The molecule has 0 saturated heterocycles. The predicted octanol–water partition coefficient (Wildman–Crippen LogP) is 3.35. The number of anilines is 2. The van der Waals surface area contributed by atoms with Crippen molar-refractivity contribution in [3.8, 4) is 0 Å². The molecule has 0 spiro atoms. The number of nitrogens with zero attached hydrogens (tertiary/aromatic N) is 2. The lowest BCUT2D eigenvalue weighted by Crippen LogP contribution is -2.32. The lowest BCUT2D eigenvalue weighted by molar-refractivity contribution is -0.137. The third-order valence-electron chi connectivity index (χ3n) is 4.09. The zero-order valence-corrected chi connectivity index (χ0v) is 16.5. The van der Waals surface area contributed by atoms with E-state index in [2.05, 4.69) is 10.3 Å². The minimum absolute atomic E-state index is 0.0367. The highest BCUT2D eigenvalue weighted by Crippen LogP contribution is 2.24. The van der Waals surface area contributed by atoms with E-state index in [9.17, 15) is 13.2 Å². The van der Waals surface area contributed by atoms with Crippen LogP contribution in [0.3, 0.4) is 0 Å². The van der Waals surface area contributed by atoms with Gasteiger partial charge in [0.15, 0.2) is 0 Å². The summed E-state index contributed by atoms with van der Waals surface area (Å²) >= 11 is 0. The van der Waals surface area contributed by atoms with E-state index in [0.29, 0.717) is 24.5 Å². The number of nitrogens with one attached hydrogen (secondary N) is 1. The Kier molecular flexibility index (Phi) is 6.43. The van der Waals surface area contributed by atoms with E-state index in [-0.39, 0.29) is 11.3 Å². The Morgan fingerprint density at radius 1 is 1.19 bits per heavy atom. The summed E-state index contributed by atoms with van der Waals surface area (Å²) < 4.78 is 27.2. The minimum atomic E-state index is -3.72. The Bertz CT molecular complexity index is 866. The second-order valence-corrected chi connectivity index (χ2v) is 8.65. The van der Waals surface area contributed by atoms with E-state index in [1.165, 1.54) is 16.6 Å². The van der Waals surface area contributed by atoms with Crippen LogP contribution in [0.4, 0.5) is 11.5 Å².